The molecule has 1 heteroatoms. The maximum Gasteiger partial charge on any atom is 0.127 e. The average Bonchev–Trinajstić information content (AvgIpc) is 2.12. The van der Waals surface area contributed by atoms with Gasteiger partial charge in [0.1, 0.15) is 12.4 Å². The van der Waals surface area contributed by atoms with Gasteiger partial charge in [0.05, 0.1) is 0 Å². The van der Waals surface area contributed by atoms with Gasteiger partial charge in [-0.3, -0.25) is 0 Å². The smallest absolute Gasteiger partial charge is 0.127 e. The zero-order valence-electron chi connectivity index (χ0n) is 7.42. The van der Waals surface area contributed by atoms with Crippen LogP contribution in [0.15, 0.2) is 18.2 Å². The van der Waals surface area contributed by atoms with Gasteiger partial charge in [-0.15, -0.1) is 0 Å². The molecule has 1 aliphatic heterocycles. The Morgan fingerprint density at radius 2 is 2.08 bits per heavy atom. The molecule has 1 aromatic rings. The van der Waals surface area contributed by atoms with Crippen molar-refractivity contribution in [1.29, 1.82) is 0 Å². The molecule has 0 radical (unpaired) electrons. The summed E-state index contributed by atoms with van der Waals surface area (Å²) in [6.45, 7) is 4.96. The van der Waals surface area contributed by atoms with E-state index < -0.39 is 0 Å². The molecule has 0 unspecified atom stereocenters. The molecule has 1 heterocycles. The van der Waals surface area contributed by atoms with E-state index >= 15 is 0 Å². The molecule has 0 aromatic heterocycles. The van der Waals surface area contributed by atoms with Gasteiger partial charge in [0.2, 0.25) is 0 Å². The average molecular weight is 160 g/mol. The third-order valence-electron chi connectivity index (χ3n) is 2.37. The summed E-state index contributed by atoms with van der Waals surface area (Å²) in [4.78, 5) is 0. The van der Waals surface area contributed by atoms with Crippen LogP contribution in [0, 0.1) is 13.8 Å². The van der Waals surface area contributed by atoms with E-state index in [1.165, 1.54) is 16.7 Å². The fraction of sp³-hybridized carbons (Fsp3) is 0.273. The lowest BCUT2D eigenvalue weighted by molar-refractivity contribution is 0.358. The molecule has 0 N–H and O–H groups in total. The Hall–Kier alpha value is -1.24. The van der Waals surface area contributed by atoms with E-state index in [2.05, 4.69) is 32.1 Å². The molecular formula is C11H12O. The quantitative estimate of drug-likeness (QED) is 0.567. The van der Waals surface area contributed by atoms with Crippen molar-refractivity contribution in [2.45, 2.75) is 13.8 Å². The second kappa shape index (κ2) is 2.67. The van der Waals surface area contributed by atoms with Gasteiger partial charge in [-0.25, -0.2) is 0 Å². The van der Waals surface area contributed by atoms with Crippen molar-refractivity contribution < 1.29 is 4.74 Å². The Bertz CT molecular complexity index is 337. The summed E-state index contributed by atoms with van der Waals surface area (Å²) in [5.74, 6) is 1.01. The normalized spacial score (nSPS) is 13.8. The third-order valence-corrected chi connectivity index (χ3v) is 2.37. The van der Waals surface area contributed by atoms with Crippen molar-refractivity contribution in [3.8, 4) is 5.75 Å². The number of hydrogen-bond donors (Lipinski definition) is 0. The first kappa shape index (κ1) is 7.41. The van der Waals surface area contributed by atoms with E-state index in [1.807, 2.05) is 6.07 Å². The van der Waals surface area contributed by atoms with Crippen LogP contribution in [0.5, 0.6) is 5.75 Å². The molecule has 0 bridgehead atoms. The molecule has 1 aromatic carbocycles. The Morgan fingerprint density at radius 1 is 1.25 bits per heavy atom. The topological polar surface area (TPSA) is 9.23 Å². The molecule has 0 fully saturated rings. The van der Waals surface area contributed by atoms with Gasteiger partial charge in [-0.05, 0) is 37.1 Å². The van der Waals surface area contributed by atoms with Gasteiger partial charge in [0, 0.05) is 5.56 Å². The van der Waals surface area contributed by atoms with Crippen molar-refractivity contribution >= 4 is 6.08 Å². The summed E-state index contributed by atoms with van der Waals surface area (Å²) < 4.78 is 5.47. The minimum atomic E-state index is 0.704. The van der Waals surface area contributed by atoms with Crippen molar-refractivity contribution in [1.82, 2.24) is 0 Å². The van der Waals surface area contributed by atoms with Crippen LogP contribution in [0.3, 0.4) is 0 Å². The molecule has 1 nitrogen and oxygen atoms in total. The largest absolute Gasteiger partial charge is 0.489 e. The van der Waals surface area contributed by atoms with E-state index in [9.17, 15) is 0 Å². The van der Waals surface area contributed by atoms with Crippen LogP contribution in [0.4, 0.5) is 0 Å². The highest BCUT2D eigenvalue weighted by Gasteiger charge is 2.08. The first-order valence-corrected chi connectivity index (χ1v) is 4.18. The maximum absolute atomic E-state index is 5.47. The van der Waals surface area contributed by atoms with Crippen LogP contribution in [0.25, 0.3) is 6.08 Å². The SMILES string of the molecule is Cc1ccc2c(c1C)C=CCO2. The zero-order valence-corrected chi connectivity index (χ0v) is 7.42. The van der Waals surface area contributed by atoms with Crippen LogP contribution in [-0.2, 0) is 0 Å². The van der Waals surface area contributed by atoms with Gasteiger partial charge in [0.25, 0.3) is 0 Å². The van der Waals surface area contributed by atoms with Crippen LogP contribution in [-0.4, -0.2) is 6.61 Å². The summed E-state index contributed by atoms with van der Waals surface area (Å²) in [6.07, 6.45) is 4.19. The number of hydrogen-bond acceptors (Lipinski definition) is 1. The summed E-state index contributed by atoms with van der Waals surface area (Å²) in [6, 6.07) is 4.15. The predicted molar refractivity (Wildman–Crippen MR) is 50.4 cm³/mol. The lowest BCUT2D eigenvalue weighted by Gasteiger charge is -2.15. The minimum Gasteiger partial charge on any atom is -0.489 e. The lowest BCUT2D eigenvalue weighted by Crippen LogP contribution is -2.02. The number of fused-ring (bicyclic) bond motifs is 1. The minimum absolute atomic E-state index is 0.704. The fourth-order valence-corrected chi connectivity index (χ4v) is 1.45. The van der Waals surface area contributed by atoms with E-state index in [1.54, 1.807) is 0 Å². The van der Waals surface area contributed by atoms with Crippen LogP contribution >= 0.6 is 0 Å². The van der Waals surface area contributed by atoms with Crippen molar-refractivity contribution in [3.63, 3.8) is 0 Å². The van der Waals surface area contributed by atoms with Crippen molar-refractivity contribution in [3.05, 3.63) is 34.9 Å². The second-order valence-electron chi connectivity index (χ2n) is 3.13. The fourth-order valence-electron chi connectivity index (χ4n) is 1.45. The number of rotatable bonds is 0. The van der Waals surface area contributed by atoms with Crippen molar-refractivity contribution in [2.24, 2.45) is 0 Å². The third kappa shape index (κ3) is 1.02. The summed E-state index contributed by atoms with van der Waals surface area (Å²) in [7, 11) is 0. The molecule has 62 valence electrons. The van der Waals surface area contributed by atoms with Crippen molar-refractivity contribution in [2.75, 3.05) is 6.61 Å². The Morgan fingerprint density at radius 3 is 2.92 bits per heavy atom. The lowest BCUT2D eigenvalue weighted by atomic mass is 10.0. The molecule has 0 saturated heterocycles. The molecular weight excluding hydrogens is 148 g/mol. The first-order valence-electron chi connectivity index (χ1n) is 4.18. The van der Waals surface area contributed by atoms with Gasteiger partial charge >= 0.3 is 0 Å². The molecule has 0 spiro atoms. The van der Waals surface area contributed by atoms with Crippen LogP contribution in [0.2, 0.25) is 0 Å². The van der Waals surface area contributed by atoms with E-state index in [0.717, 1.165) is 5.75 Å². The number of ether oxygens (including phenoxy) is 1. The molecule has 0 aliphatic carbocycles. The molecule has 0 atom stereocenters. The Kier molecular flexibility index (Phi) is 1.65. The molecule has 0 saturated carbocycles. The molecule has 0 amide bonds. The second-order valence-corrected chi connectivity index (χ2v) is 3.13. The summed E-state index contributed by atoms with van der Waals surface area (Å²) >= 11 is 0. The summed E-state index contributed by atoms with van der Waals surface area (Å²) in [5.41, 5.74) is 3.88. The molecule has 12 heavy (non-hydrogen) atoms. The van der Waals surface area contributed by atoms with E-state index in [0.29, 0.717) is 6.61 Å². The Labute approximate surface area is 72.7 Å². The van der Waals surface area contributed by atoms with Gasteiger partial charge in [0.15, 0.2) is 0 Å². The monoisotopic (exact) mass is 160 g/mol. The highest BCUT2D eigenvalue weighted by atomic mass is 16.5. The first-order chi connectivity index (χ1) is 5.79. The predicted octanol–water partition coefficient (Wildman–Crippen LogP) is 2.71. The number of benzene rings is 1. The van der Waals surface area contributed by atoms with Gasteiger partial charge < -0.3 is 4.74 Å². The zero-order chi connectivity index (χ0) is 8.55. The van der Waals surface area contributed by atoms with Gasteiger partial charge in [-0.1, -0.05) is 12.1 Å². The van der Waals surface area contributed by atoms with E-state index in [4.69, 9.17) is 4.74 Å². The number of aryl methyl sites for hydroxylation is 1. The molecule has 2 rings (SSSR count). The van der Waals surface area contributed by atoms with Gasteiger partial charge in [-0.2, -0.15) is 0 Å². The van der Waals surface area contributed by atoms with Crippen LogP contribution < -0.4 is 4.74 Å². The highest BCUT2D eigenvalue weighted by Crippen LogP contribution is 2.28. The summed E-state index contributed by atoms with van der Waals surface area (Å²) in [5, 5.41) is 0. The Balaban J connectivity index is 2.64. The molecule has 1 aliphatic rings. The highest BCUT2D eigenvalue weighted by molar-refractivity contribution is 5.64. The standard InChI is InChI=1S/C11H12O/c1-8-5-6-11-10(9(8)2)4-3-7-12-11/h3-6H,7H2,1-2H3. The van der Waals surface area contributed by atoms with Crippen LogP contribution in [0.1, 0.15) is 16.7 Å². The van der Waals surface area contributed by atoms with E-state index in [-0.39, 0.29) is 0 Å². The maximum atomic E-state index is 5.47.